The van der Waals surface area contributed by atoms with Gasteiger partial charge in [-0.1, -0.05) is 31.9 Å². The van der Waals surface area contributed by atoms with Crippen molar-refractivity contribution in [1.29, 1.82) is 0 Å². The minimum absolute atomic E-state index is 0.668. The van der Waals surface area contributed by atoms with Crippen molar-refractivity contribution in [2.75, 3.05) is 31.1 Å². The number of benzene rings is 1. The Morgan fingerprint density at radius 1 is 1.30 bits per heavy atom. The van der Waals surface area contributed by atoms with Crippen molar-refractivity contribution in [2.45, 2.75) is 45.2 Å². The van der Waals surface area contributed by atoms with Crippen molar-refractivity contribution in [1.82, 2.24) is 10.6 Å². The zero-order valence-electron chi connectivity index (χ0n) is 12.6. The Bertz CT molecular complexity index is 444. The van der Waals surface area contributed by atoms with Crippen molar-refractivity contribution in [3.63, 3.8) is 0 Å². The Kier molecular flexibility index (Phi) is 4.58. The van der Waals surface area contributed by atoms with Crippen LogP contribution in [-0.4, -0.2) is 32.2 Å². The van der Waals surface area contributed by atoms with Gasteiger partial charge in [-0.25, -0.2) is 0 Å². The first-order valence-electron chi connectivity index (χ1n) is 8.18. The molecule has 1 fully saturated rings. The van der Waals surface area contributed by atoms with E-state index in [1.807, 2.05) is 0 Å². The van der Waals surface area contributed by atoms with Gasteiger partial charge in [-0.3, -0.25) is 0 Å². The molecule has 0 radical (unpaired) electrons. The number of piperazine rings is 1. The van der Waals surface area contributed by atoms with E-state index in [1.54, 1.807) is 5.56 Å². The number of nitrogens with one attached hydrogen (secondary N) is 2. The first-order valence-corrected chi connectivity index (χ1v) is 8.18. The Morgan fingerprint density at radius 3 is 3.15 bits per heavy atom. The van der Waals surface area contributed by atoms with Gasteiger partial charge < -0.3 is 15.5 Å². The number of unbranched alkanes of at least 4 members (excludes halogenated alkanes) is 1. The molecule has 0 unspecified atom stereocenters. The summed E-state index contributed by atoms with van der Waals surface area (Å²) in [4.78, 5) is 2.61. The van der Waals surface area contributed by atoms with Gasteiger partial charge in [-0.15, -0.1) is 0 Å². The summed E-state index contributed by atoms with van der Waals surface area (Å²) in [6.07, 6.45) is 5.12. The number of hydrogen-bond acceptors (Lipinski definition) is 3. The molecule has 2 N–H and O–H groups in total. The average molecular weight is 273 g/mol. The molecule has 2 heterocycles. The third kappa shape index (κ3) is 2.99. The number of nitrogens with zero attached hydrogens (tertiary/aromatic N) is 1. The van der Waals surface area contributed by atoms with Crippen LogP contribution >= 0.6 is 0 Å². The molecular weight excluding hydrogens is 246 g/mol. The van der Waals surface area contributed by atoms with E-state index >= 15 is 0 Å². The lowest BCUT2D eigenvalue weighted by atomic mass is 9.97. The van der Waals surface area contributed by atoms with Crippen molar-refractivity contribution in [2.24, 2.45) is 0 Å². The van der Waals surface area contributed by atoms with Crippen LogP contribution < -0.4 is 15.5 Å². The molecule has 110 valence electrons. The van der Waals surface area contributed by atoms with Gasteiger partial charge in [0.2, 0.25) is 0 Å². The standard InChI is InChI=1S/C17H27N3/c1-2-3-6-15-13-20(11-10-19-15)17-7-4-5-14-12-18-9-8-16(14)17/h4-5,7,15,18-19H,2-3,6,8-13H2,1H3/t15-/m0/s1. The Morgan fingerprint density at radius 2 is 2.25 bits per heavy atom. The third-order valence-electron chi connectivity index (χ3n) is 4.62. The monoisotopic (exact) mass is 273 g/mol. The lowest BCUT2D eigenvalue weighted by Crippen LogP contribution is -2.51. The maximum Gasteiger partial charge on any atom is 0.0403 e. The number of rotatable bonds is 4. The summed E-state index contributed by atoms with van der Waals surface area (Å²) in [5, 5.41) is 7.16. The molecule has 3 rings (SSSR count). The van der Waals surface area contributed by atoms with Gasteiger partial charge in [0, 0.05) is 37.9 Å². The molecule has 2 aliphatic rings. The molecule has 1 saturated heterocycles. The number of hydrogen-bond donors (Lipinski definition) is 2. The van der Waals surface area contributed by atoms with E-state index in [4.69, 9.17) is 0 Å². The van der Waals surface area contributed by atoms with Crippen molar-refractivity contribution in [3.8, 4) is 0 Å². The zero-order chi connectivity index (χ0) is 13.8. The molecule has 0 aromatic heterocycles. The average Bonchev–Trinajstić information content (AvgIpc) is 2.52. The summed E-state index contributed by atoms with van der Waals surface area (Å²) in [6, 6.07) is 7.50. The highest BCUT2D eigenvalue weighted by atomic mass is 15.2. The second-order valence-electron chi connectivity index (χ2n) is 6.08. The maximum atomic E-state index is 3.68. The minimum atomic E-state index is 0.668. The zero-order valence-corrected chi connectivity index (χ0v) is 12.6. The Labute approximate surface area is 122 Å². The number of anilines is 1. The predicted molar refractivity (Wildman–Crippen MR) is 85.4 cm³/mol. The molecule has 20 heavy (non-hydrogen) atoms. The Balaban J connectivity index is 1.75. The highest BCUT2D eigenvalue weighted by Gasteiger charge is 2.22. The normalized spacial score (nSPS) is 22.6. The van der Waals surface area contributed by atoms with Gasteiger partial charge in [-0.05, 0) is 36.6 Å². The highest BCUT2D eigenvalue weighted by molar-refractivity contribution is 5.58. The van der Waals surface area contributed by atoms with E-state index in [9.17, 15) is 0 Å². The summed E-state index contributed by atoms with van der Waals surface area (Å²) < 4.78 is 0. The van der Waals surface area contributed by atoms with E-state index in [0.29, 0.717) is 6.04 Å². The van der Waals surface area contributed by atoms with Gasteiger partial charge in [0.25, 0.3) is 0 Å². The van der Waals surface area contributed by atoms with Crippen LogP contribution in [0.1, 0.15) is 37.3 Å². The van der Waals surface area contributed by atoms with Crippen LogP contribution in [0.2, 0.25) is 0 Å². The molecule has 0 spiro atoms. The van der Waals surface area contributed by atoms with Gasteiger partial charge in [0.1, 0.15) is 0 Å². The largest absolute Gasteiger partial charge is 0.368 e. The van der Waals surface area contributed by atoms with Crippen LogP contribution in [0.3, 0.4) is 0 Å². The fraction of sp³-hybridized carbons (Fsp3) is 0.647. The summed E-state index contributed by atoms with van der Waals surface area (Å²) in [7, 11) is 0. The first-order chi connectivity index (χ1) is 9.88. The van der Waals surface area contributed by atoms with E-state index in [1.165, 1.54) is 43.5 Å². The molecule has 2 aliphatic heterocycles. The molecule has 3 heteroatoms. The predicted octanol–water partition coefficient (Wildman–Crippen LogP) is 2.30. The second-order valence-corrected chi connectivity index (χ2v) is 6.08. The highest BCUT2D eigenvalue weighted by Crippen LogP contribution is 2.27. The molecule has 3 nitrogen and oxygen atoms in total. The topological polar surface area (TPSA) is 27.3 Å². The van der Waals surface area contributed by atoms with E-state index in [2.05, 4.69) is 40.7 Å². The molecule has 0 amide bonds. The summed E-state index contributed by atoms with van der Waals surface area (Å²) in [6.45, 7) is 7.87. The van der Waals surface area contributed by atoms with Crippen LogP contribution in [0.5, 0.6) is 0 Å². The molecule has 1 aromatic rings. The van der Waals surface area contributed by atoms with E-state index in [-0.39, 0.29) is 0 Å². The van der Waals surface area contributed by atoms with E-state index < -0.39 is 0 Å². The number of fused-ring (bicyclic) bond motifs is 1. The molecule has 0 saturated carbocycles. The molecule has 1 atom stereocenters. The summed E-state index contributed by atoms with van der Waals surface area (Å²) in [5.41, 5.74) is 4.58. The maximum absolute atomic E-state index is 3.68. The van der Waals surface area contributed by atoms with Crippen LogP contribution in [0.15, 0.2) is 18.2 Å². The van der Waals surface area contributed by atoms with Gasteiger partial charge in [0.15, 0.2) is 0 Å². The van der Waals surface area contributed by atoms with Crippen molar-refractivity contribution >= 4 is 5.69 Å². The van der Waals surface area contributed by atoms with Crippen molar-refractivity contribution in [3.05, 3.63) is 29.3 Å². The SMILES string of the molecule is CCCC[C@H]1CN(c2cccc3c2CCNC3)CCN1. The van der Waals surface area contributed by atoms with E-state index in [0.717, 1.165) is 26.2 Å². The molecule has 0 bridgehead atoms. The lowest BCUT2D eigenvalue weighted by molar-refractivity contribution is 0.422. The first kappa shape index (κ1) is 13.9. The quantitative estimate of drug-likeness (QED) is 0.881. The van der Waals surface area contributed by atoms with Crippen molar-refractivity contribution < 1.29 is 0 Å². The lowest BCUT2D eigenvalue weighted by Gasteiger charge is -2.37. The fourth-order valence-electron chi connectivity index (χ4n) is 3.50. The van der Waals surface area contributed by atoms with Crippen LogP contribution in [-0.2, 0) is 13.0 Å². The van der Waals surface area contributed by atoms with Gasteiger partial charge >= 0.3 is 0 Å². The minimum Gasteiger partial charge on any atom is -0.368 e. The fourth-order valence-corrected chi connectivity index (χ4v) is 3.50. The van der Waals surface area contributed by atoms with Crippen LogP contribution in [0.4, 0.5) is 5.69 Å². The third-order valence-corrected chi connectivity index (χ3v) is 4.62. The summed E-state index contributed by atoms with van der Waals surface area (Å²) in [5.74, 6) is 0. The molecular formula is C17H27N3. The second kappa shape index (κ2) is 6.59. The molecule has 0 aliphatic carbocycles. The summed E-state index contributed by atoms with van der Waals surface area (Å²) >= 11 is 0. The van der Waals surface area contributed by atoms with Crippen LogP contribution in [0, 0.1) is 0 Å². The van der Waals surface area contributed by atoms with Gasteiger partial charge in [0.05, 0.1) is 0 Å². The van der Waals surface area contributed by atoms with Crippen LogP contribution in [0.25, 0.3) is 0 Å². The van der Waals surface area contributed by atoms with Gasteiger partial charge in [-0.2, -0.15) is 0 Å². The molecule has 1 aromatic carbocycles. The smallest absolute Gasteiger partial charge is 0.0403 e. The Hall–Kier alpha value is -1.06.